The third kappa shape index (κ3) is 4.35. The summed E-state index contributed by atoms with van der Waals surface area (Å²) in [6.45, 7) is 1.72. The molecule has 142 valence electrons. The SMILES string of the molecule is COCCn1c(=O)c(CNCc2ccccc2OC)cc2ccc(F)cc21. The number of benzene rings is 2. The minimum Gasteiger partial charge on any atom is -0.496 e. The van der Waals surface area contributed by atoms with Crippen LogP contribution in [0.2, 0.25) is 0 Å². The first-order chi connectivity index (χ1) is 13.1. The average molecular weight is 370 g/mol. The number of methoxy groups -OCH3 is 2. The van der Waals surface area contributed by atoms with Crippen molar-refractivity contribution in [1.82, 2.24) is 9.88 Å². The summed E-state index contributed by atoms with van der Waals surface area (Å²) in [6, 6.07) is 14.0. The van der Waals surface area contributed by atoms with Gasteiger partial charge >= 0.3 is 0 Å². The number of aromatic nitrogens is 1. The van der Waals surface area contributed by atoms with E-state index in [0.29, 0.717) is 37.3 Å². The molecule has 0 atom stereocenters. The monoisotopic (exact) mass is 370 g/mol. The van der Waals surface area contributed by atoms with Crippen LogP contribution in [-0.4, -0.2) is 25.4 Å². The summed E-state index contributed by atoms with van der Waals surface area (Å²) in [7, 11) is 3.21. The van der Waals surface area contributed by atoms with Crippen molar-refractivity contribution in [2.75, 3.05) is 20.8 Å². The molecule has 27 heavy (non-hydrogen) atoms. The van der Waals surface area contributed by atoms with Gasteiger partial charge in [0.2, 0.25) is 0 Å². The van der Waals surface area contributed by atoms with Gasteiger partial charge in [0, 0.05) is 37.9 Å². The number of hydrogen-bond donors (Lipinski definition) is 1. The van der Waals surface area contributed by atoms with Gasteiger partial charge in [-0.2, -0.15) is 0 Å². The molecule has 0 radical (unpaired) electrons. The number of nitrogens with one attached hydrogen (secondary N) is 1. The molecular weight excluding hydrogens is 347 g/mol. The van der Waals surface area contributed by atoms with Gasteiger partial charge in [-0.3, -0.25) is 4.79 Å². The molecule has 1 heterocycles. The number of hydrogen-bond acceptors (Lipinski definition) is 4. The Hall–Kier alpha value is -2.70. The Kier molecular flexibility index (Phi) is 6.21. The van der Waals surface area contributed by atoms with E-state index in [2.05, 4.69) is 5.32 Å². The standard InChI is InChI=1S/C21H23FN2O3/c1-26-10-9-24-19-12-18(22)8-7-15(19)11-17(21(24)25)14-23-13-16-5-3-4-6-20(16)27-2/h3-8,11-12,23H,9-10,13-14H2,1-2H3. The fourth-order valence-corrected chi connectivity index (χ4v) is 3.12. The van der Waals surface area contributed by atoms with E-state index in [-0.39, 0.29) is 11.4 Å². The molecule has 0 aliphatic carbocycles. The summed E-state index contributed by atoms with van der Waals surface area (Å²) in [5.74, 6) is 0.437. The Morgan fingerprint density at radius 1 is 1.04 bits per heavy atom. The summed E-state index contributed by atoms with van der Waals surface area (Å²) in [5, 5.41) is 4.11. The lowest BCUT2D eigenvalue weighted by atomic mass is 10.1. The Labute approximate surface area is 157 Å². The van der Waals surface area contributed by atoms with E-state index >= 15 is 0 Å². The normalized spacial score (nSPS) is 11.1. The zero-order valence-corrected chi connectivity index (χ0v) is 15.5. The van der Waals surface area contributed by atoms with Gasteiger partial charge in [0.15, 0.2) is 0 Å². The highest BCUT2D eigenvalue weighted by Gasteiger charge is 2.11. The molecule has 0 spiro atoms. The molecule has 0 fully saturated rings. The molecule has 3 rings (SSSR count). The van der Waals surface area contributed by atoms with Crippen molar-refractivity contribution in [2.24, 2.45) is 0 Å². The van der Waals surface area contributed by atoms with Crippen molar-refractivity contribution in [3.63, 3.8) is 0 Å². The Morgan fingerprint density at radius 2 is 1.81 bits per heavy atom. The highest BCUT2D eigenvalue weighted by atomic mass is 19.1. The van der Waals surface area contributed by atoms with Gasteiger partial charge in [0.05, 0.1) is 19.2 Å². The lowest BCUT2D eigenvalue weighted by Gasteiger charge is -2.14. The quantitative estimate of drug-likeness (QED) is 0.662. The summed E-state index contributed by atoms with van der Waals surface area (Å²) in [6.07, 6.45) is 0. The predicted octanol–water partition coefficient (Wildman–Crippen LogP) is 3.09. The van der Waals surface area contributed by atoms with E-state index in [1.54, 1.807) is 24.9 Å². The second-order valence-electron chi connectivity index (χ2n) is 6.24. The second kappa shape index (κ2) is 8.79. The van der Waals surface area contributed by atoms with Crippen molar-refractivity contribution in [3.05, 3.63) is 75.8 Å². The van der Waals surface area contributed by atoms with Crippen molar-refractivity contribution >= 4 is 10.9 Å². The summed E-state index contributed by atoms with van der Waals surface area (Å²) in [5.41, 5.74) is 2.07. The zero-order chi connectivity index (χ0) is 19.2. The molecule has 1 aromatic heterocycles. The Balaban J connectivity index is 1.86. The smallest absolute Gasteiger partial charge is 0.255 e. The van der Waals surface area contributed by atoms with Crippen LogP contribution in [0.3, 0.4) is 0 Å². The van der Waals surface area contributed by atoms with E-state index in [0.717, 1.165) is 16.7 Å². The molecule has 0 aliphatic heterocycles. The maximum atomic E-state index is 13.7. The fraction of sp³-hybridized carbons (Fsp3) is 0.286. The van der Waals surface area contributed by atoms with Gasteiger partial charge in [-0.05, 0) is 35.7 Å². The zero-order valence-electron chi connectivity index (χ0n) is 15.5. The molecule has 5 nitrogen and oxygen atoms in total. The second-order valence-corrected chi connectivity index (χ2v) is 6.24. The van der Waals surface area contributed by atoms with Crippen LogP contribution in [-0.2, 0) is 24.4 Å². The summed E-state index contributed by atoms with van der Waals surface area (Å²) >= 11 is 0. The molecule has 2 aromatic carbocycles. The van der Waals surface area contributed by atoms with Gasteiger partial charge in [0.1, 0.15) is 11.6 Å². The number of rotatable bonds is 8. The third-order valence-electron chi connectivity index (χ3n) is 4.48. The van der Waals surface area contributed by atoms with Crippen LogP contribution in [0, 0.1) is 5.82 Å². The lowest BCUT2D eigenvalue weighted by molar-refractivity contribution is 0.187. The van der Waals surface area contributed by atoms with Crippen LogP contribution in [0.1, 0.15) is 11.1 Å². The van der Waals surface area contributed by atoms with E-state index in [1.165, 1.54) is 12.1 Å². The number of nitrogens with zero attached hydrogens (tertiary/aromatic N) is 1. The van der Waals surface area contributed by atoms with E-state index in [9.17, 15) is 9.18 Å². The molecule has 0 amide bonds. The molecule has 0 saturated carbocycles. The lowest BCUT2D eigenvalue weighted by Crippen LogP contribution is -2.28. The Morgan fingerprint density at radius 3 is 2.59 bits per heavy atom. The Bertz CT molecular complexity index is 985. The number of halogens is 1. The van der Waals surface area contributed by atoms with Crippen LogP contribution >= 0.6 is 0 Å². The highest BCUT2D eigenvalue weighted by molar-refractivity contribution is 5.79. The molecule has 0 bridgehead atoms. The van der Waals surface area contributed by atoms with Crippen LogP contribution in [0.4, 0.5) is 4.39 Å². The number of para-hydroxylation sites is 1. The average Bonchev–Trinajstić information content (AvgIpc) is 2.68. The fourth-order valence-electron chi connectivity index (χ4n) is 3.12. The minimum atomic E-state index is -0.366. The van der Waals surface area contributed by atoms with E-state index in [1.807, 2.05) is 30.3 Å². The molecule has 6 heteroatoms. The third-order valence-corrected chi connectivity index (χ3v) is 4.48. The van der Waals surface area contributed by atoms with Gasteiger partial charge in [-0.15, -0.1) is 0 Å². The van der Waals surface area contributed by atoms with Crippen LogP contribution in [0.5, 0.6) is 5.75 Å². The van der Waals surface area contributed by atoms with Gasteiger partial charge in [0.25, 0.3) is 5.56 Å². The van der Waals surface area contributed by atoms with Crippen molar-refractivity contribution in [3.8, 4) is 5.75 Å². The maximum Gasteiger partial charge on any atom is 0.255 e. The molecule has 1 N–H and O–H groups in total. The first-order valence-electron chi connectivity index (χ1n) is 8.77. The maximum absolute atomic E-state index is 13.7. The van der Waals surface area contributed by atoms with E-state index < -0.39 is 0 Å². The predicted molar refractivity (Wildman–Crippen MR) is 104 cm³/mol. The van der Waals surface area contributed by atoms with Crippen molar-refractivity contribution in [1.29, 1.82) is 0 Å². The molecule has 0 saturated heterocycles. The first kappa shape index (κ1) is 19.1. The van der Waals surface area contributed by atoms with Crippen LogP contribution in [0.15, 0.2) is 53.3 Å². The summed E-state index contributed by atoms with van der Waals surface area (Å²) in [4.78, 5) is 12.9. The van der Waals surface area contributed by atoms with Gasteiger partial charge in [-0.25, -0.2) is 4.39 Å². The van der Waals surface area contributed by atoms with Gasteiger partial charge < -0.3 is 19.4 Å². The molecular formula is C21H23FN2O3. The summed E-state index contributed by atoms with van der Waals surface area (Å²) < 4.78 is 25.7. The largest absolute Gasteiger partial charge is 0.496 e. The number of pyridine rings is 1. The molecule has 0 aliphatic rings. The number of fused-ring (bicyclic) bond motifs is 1. The molecule has 0 unspecified atom stereocenters. The van der Waals surface area contributed by atoms with Crippen LogP contribution in [0.25, 0.3) is 10.9 Å². The topological polar surface area (TPSA) is 52.5 Å². The minimum absolute atomic E-state index is 0.141. The van der Waals surface area contributed by atoms with E-state index in [4.69, 9.17) is 9.47 Å². The number of ether oxygens (including phenoxy) is 2. The van der Waals surface area contributed by atoms with Crippen LogP contribution < -0.4 is 15.6 Å². The highest BCUT2D eigenvalue weighted by Crippen LogP contribution is 2.18. The van der Waals surface area contributed by atoms with Gasteiger partial charge in [-0.1, -0.05) is 18.2 Å². The van der Waals surface area contributed by atoms with Crippen molar-refractivity contribution in [2.45, 2.75) is 19.6 Å². The molecule has 3 aromatic rings. The van der Waals surface area contributed by atoms with Crippen molar-refractivity contribution < 1.29 is 13.9 Å². The first-order valence-corrected chi connectivity index (χ1v) is 8.77.